The van der Waals surface area contributed by atoms with Crippen LogP contribution in [0.3, 0.4) is 0 Å². The summed E-state index contributed by atoms with van der Waals surface area (Å²) in [5, 5.41) is 0. The minimum Gasteiger partial charge on any atom is -0.486 e. The number of methoxy groups -OCH3 is 1. The summed E-state index contributed by atoms with van der Waals surface area (Å²) < 4.78 is 4.90. The number of benzene rings is 1. The van der Waals surface area contributed by atoms with Crippen LogP contribution in [0, 0.1) is 0 Å². The van der Waals surface area contributed by atoms with Crippen LogP contribution in [-0.2, 0) is 9.53 Å². The van der Waals surface area contributed by atoms with Crippen LogP contribution in [-0.4, -0.2) is 46.4 Å². The maximum atomic E-state index is 10.8. The summed E-state index contributed by atoms with van der Waals surface area (Å²) in [5.74, 6) is 0.489. The van der Waals surface area contributed by atoms with Crippen molar-refractivity contribution in [3.05, 3.63) is 36.5 Å². The van der Waals surface area contributed by atoms with Crippen LogP contribution in [0.4, 0.5) is 11.4 Å². The zero-order valence-corrected chi connectivity index (χ0v) is 14.1. The Morgan fingerprint density at radius 1 is 1.26 bits per heavy atom. The molecule has 0 saturated heterocycles. The fourth-order valence-electron chi connectivity index (χ4n) is 1.92. The summed E-state index contributed by atoms with van der Waals surface area (Å²) in [6, 6.07) is 7.77. The number of ether oxygens (including phenoxy) is 1. The molecule has 6 nitrogen and oxygen atoms in total. The molecular weight excluding hydrogens is 292 g/mol. The number of carbonyl (C=O) groups is 1. The van der Waals surface area contributed by atoms with Gasteiger partial charge in [0.1, 0.15) is 6.29 Å². The Balaban J connectivity index is 3.20. The molecule has 0 fully saturated rings. The van der Waals surface area contributed by atoms with Gasteiger partial charge in [-0.3, -0.25) is 0 Å². The standard InChI is InChI=1S/C17H24N4O2/c1-5-6-11-18-17(19-14-23-4)21(3)16-10-8-7-9-15(16)20(2)12-13-22/h6-11,13-14H,5,12H2,1-4H3/b11-6-,18-17+,19-14+. The number of aldehydes is 1. The molecule has 0 saturated carbocycles. The number of para-hydroxylation sites is 2. The van der Waals surface area contributed by atoms with Gasteiger partial charge in [-0.05, 0) is 18.6 Å². The van der Waals surface area contributed by atoms with E-state index in [1.54, 1.807) is 6.20 Å². The molecule has 6 heteroatoms. The summed E-state index contributed by atoms with van der Waals surface area (Å²) in [6.45, 7) is 2.35. The Kier molecular flexibility index (Phi) is 8.13. The SMILES string of the molecule is CC\C=C/N=C(\N=C\OC)N(C)c1ccccc1N(C)CC=O. The lowest BCUT2D eigenvalue weighted by Crippen LogP contribution is -2.28. The van der Waals surface area contributed by atoms with Gasteiger partial charge in [-0.2, -0.15) is 4.99 Å². The van der Waals surface area contributed by atoms with E-state index >= 15 is 0 Å². The van der Waals surface area contributed by atoms with Crippen molar-refractivity contribution in [2.24, 2.45) is 9.98 Å². The molecule has 124 valence electrons. The number of guanidine groups is 1. The zero-order valence-electron chi connectivity index (χ0n) is 14.1. The second-order valence-corrected chi connectivity index (χ2v) is 4.79. The van der Waals surface area contributed by atoms with E-state index in [1.165, 1.54) is 13.5 Å². The first-order valence-corrected chi connectivity index (χ1v) is 7.41. The van der Waals surface area contributed by atoms with Crippen molar-refractivity contribution < 1.29 is 9.53 Å². The summed E-state index contributed by atoms with van der Waals surface area (Å²) in [4.78, 5) is 23.1. The number of hydrogen-bond acceptors (Lipinski definition) is 4. The quantitative estimate of drug-likeness (QED) is 0.441. The first-order chi connectivity index (χ1) is 11.2. The van der Waals surface area contributed by atoms with Gasteiger partial charge in [0.2, 0.25) is 5.96 Å². The van der Waals surface area contributed by atoms with E-state index in [0.29, 0.717) is 12.5 Å². The molecular formula is C17H24N4O2. The predicted octanol–water partition coefficient (Wildman–Crippen LogP) is 2.71. The third kappa shape index (κ3) is 5.58. The van der Waals surface area contributed by atoms with Crippen molar-refractivity contribution in [3.8, 4) is 0 Å². The predicted molar refractivity (Wildman–Crippen MR) is 96.5 cm³/mol. The van der Waals surface area contributed by atoms with E-state index in [9.17, 15) is 4.79 Å². The molecule has 0 aliphatic rings. The maximum absolute atomic E-state index is 10.8. The topological polar surface area (TPSA) is 57.5 Å². The third-order valence-corrected chi connectivity index (χ3v) is 3.11. The lowest BCUT2D eigenvalue weighted by atomic mass is 10.2. The molecule has 1 aromatic rings. The van der Waals surface area contributed by atoms with Crippen molar-refractivity contribution in [2.75, 3.05) is 37.5 Å². The lowest BCUT2D eigenvalue weighted by Gasteiger charge is -2.25. The number of allylic oxidation sites excluding steroid dienone is 1. The van der Waals surface area contributed by atoms with Crippen LogP contribution in [0.5, 0.6) is 0 Å². The molecule has 1 aromatic carbocycles. The minimum atomic E-state index is 0.314. The Morgan fingerprint density at radius 3 is 2.57 bits per heavy atom. The van der Waals surface area contributed by atoms with Crippen molar-refractivity contribution in [1.29, 1.82) is 0 Å². The number of hydrogen-bond donors (Lipinski definition) is 0. The van der Waals surface area contributed by atoms with E-state index in [-0.39, 0.29) is 0 Å². The van der Waals surface area contributed by atoms with Crippen molar-refractivity contribution in [3.63, 3.8) is 0 Å². The van der Waals surface area contributed by atoms with Crippen LogP contribution < -0.4 is 9.80 Å². The summed E-state index contributed by atoms with van der Waals surface area (Å²) >= 11 is 0. The van der Waals surface area contributed by atoms with Crippen LogP contribution >= 0.6 is 0 Å². The van der Waals surface area contributed by atoms with Gasteiger partial charge in [-0.15, -0.1) is 0 Å². The van der Waals surface area contributed by atoms with E-state index in [4.69, 9.17) is 4.74 Å². The van der Waals surface area contributed by atoms with Crippen molar-refractivity contribution in [1.82, 2.24) is 0 Å². The Labute approximate surface area is 137 Å². The van der Waals surface area contributed by atoms with Crippen LogP contribution in [0.15, 0.2) is 46.5 Å². The van der Waals surface area contributed by atoms with Crippen LogP contribution in [0.1, 0.15) is 13.3 Å². The summed E-state index contributed by atoms with van der Waals surface area (Å²) in [5.41, 5.74) is 1.82. The number of aliphatic imine (C=N–C) groups is 2. The summed E-state index contributed by atoms with van der Waals surface area (Å²) in [7, 11) is 5.28. The molecule has 0 unspecified atom stereocenters. The molecule has 0 aromatic heterocycles. The van der Waals surface area contributed by atoms with Gasteiger partial charge >= 0.3 is 0 Å². The van der Waals surface area contributed by atoms with Gasteiger partial charge < -0.3 is 19.3 Å². The van der Waals surface area contributed by atoms with Gasteiger partial charge in [0.25, 0.3) is 0 Å². The van der Waals surface area contributed by atoms with E-state index in [1.807, 2.05) is 61.2 Å². The fourth-order valence-corrected chi connectivity index (χ4v) is 1.92. The number of carbonyl (C=O) groups excluding carboxylic acids is 1. The van der Waals surface area contributed by atoms with Crippen LogP contribution in [0.2, 0.25) is 0 Å². The van der Waals surface area contributed by atoms with Gasteiger partial charge in [0, 0.05) is 20.3 Å². The molecule has 0 spiro atoms. The summed E-state index contributed by atoms with van der Waals surface area (Å²) in [6.07, 6.45) is 6.77. The average Bonchev–Trinajstić information content (AvgIpc) is 2.57. The highest BCUT2D eigenvalue weighted by atomic mass is 16.5. The molecule has 0 bridgehead atoms. The van der Waals surface area contributed by atoms with E-state index in [2.05, 4.69) is 9.98 Å². The molecule has 0 N–H and O–H groups in total. The lowest BCUT2D eigenvalue weighted by molar-refractivity contribution is -0.106. The van der Waals surface area contributed by atoms with Gasteiger partial charge in [-0.1, -0.05) is 25.1 Å². The fraction of sp³-hybridized carbons (Fsp3) is 0.353. The first kappa shape index (κ1) is 18.4. The molecule has 0 atom stereocenters. The van der Waals surface area contributed by atoms with Crippen LogP contribution in [0.25, 0.3) is 0 Å². The highest BCUT2D eigenvalue weighted by Crippen LogP contribution is 2.27. The normalized spacial score (nSPS) is 11.9. The minimum absolute atomic E-state index is 0.314. The molecule has 0 aliphatic heterocycles. The van der Waals surface area contributed by atoms with Gasteiger partial charge in [-0.25, -0.2) is 4.99 Å². The molecule has 0 aliphatic carbocycles. The smallest absolute Gasteiger partial charge is 0.232 e. The average molecular weight is 316 g/mol. The van der Waals surface area contributed by atoms with Crippen molar-refractivity contribution in [2.45, 2.75) is 13.3 Å². The Bertz CT molecular complexity index is 582. The molecule has 23 heavy (non-hydrogen) atoms. The zero-order chi connectivity index (χ0) is 17.1. The second-order valence-electron chi connectivity index (χ2n) is 4.79. The number of nitrogens with zero attached hydrogens (tertiary/aromatic N) is 4. The molecule has 1 rings (SSSR count). The van der Waals surface area contributed by atoms with Gasteiger partial charge in [0.05, 0.1) is 25.0 Å². The number of anilines is 2. The monoisotopic (exact) mass is 316 g/mol. The second kappa shape index (κ2) is 10.2. The van der Waals surface area contributed by atoms with E-state index < -0.39 is 0 Å². The number of likely N-dealkylation sites (N-methyl/N-ethyl adjacent to an activating group) is 1. The van der Waals surface area contributed by atoms with E-state index in [0.717, 1.165) is 24.1 Å². The largest absolute Gasteiger partial charge is 0.486 e. The molecule has 0 heterocycles. The highest BCUT2D eigenvalue weighted by molar-refractivity contribution is 6.02. The van der Waals surface area contributed by atoms with Gasteiger partial charge in [0.15, 0.2) is 6.40 Å². The third-order valence-electron chi connectivity index (χ3n) is 3.11. The molecule has 0 amide bonds. The first-order valence-electron chi connectivity index (χ1n) is 7.41. The Hall–Kier alpha value is -2.63. The number of rotatable bonds is 7. The highest BCUT2D eigenvalue weighted by Gasteiger charge is 2.14. The Morgan fingerprint density at radius 2 is 1.96 bits per heavy atom. The van der Waals surface area contributed by atoms with Crippen molar-refractivity contribution >= 4 is 30.0 Å². The maximum Gasteiger partial charge on any atom is 0.232 e. The molecule has 0 radical (unpaired) electrons.